The van der Waals surface area contributed by atoms with Crippen LogP contribution >= 0.6 is 22.9 Å². The highest BCUT2D eigenvalue weighted by Gasteiger charge is 2.30. The van der Waals surface area contributed by atoms with E-state index in [1.165, 1.54) is 18.4 Å². The summed E-state index contributed by atoms with van der Waals surface area (Å²) in [6.45, 7) is 0.289. The zero-order valence-corrected chi connectivity index (χ0v) is 13.3. The van der Waals surface area contributed by atoms with Crippen molar-refractivity contribution in [1.82, 2.24) is 9.55 Å². The second-order valence-corrected chi connectivity index (χ2v) is 6.32. The first kappa shape index (κ1) is 15.0. The summed E-state index contributed by atoms with van der Waals surface area (Å²) in [6, 6.07) is 5.45. The molecule has 0 radical (unpaired) electrons. The molecule has 6 nitrogen and oxygen atoms in total. The van der Waals surface area contributed by atoms with Crippen LogP contribution in [0, 0.1) is 0 Å². The Hall–Kier alpha value is -1.96. The molecule has 3 rings (SSSR count). The number of hydrogen-bond donors (Lipinski definition) is 1. The van der Waals surface area contributed by atoms with Crippen molar-refractivity contribution in [2.75, 3.05) is 13.7 Å². The topological polar surface area (TPSA) is 68.5 Å². The molecule has 8 heteroatoms. The Morgan fingerprint density at radius 3 is 3.05 bits per heavy atom. The molecule has 3 aromatic rings. The Balaban J connectivity index is 2.16. The molecule has 0 unspecified atom stereocenters. The maximum atomic E-state index is 12.3. The van der Waals surface area contributed by atoms with Gasteiger partial charge in [0.25, 0.3) is 11.3 Å². The molecule has 0 saturated heterocycles. The quantitative estimate of drug-likeness (QED) is 0.570. The van der Waals surface area contributed by atoms with Crippen LogP contribution in [0.3, 0.4) is 0 Å². The van der Waals surface area contributed by atoms with Crippen molar-refractivity contribution in [3.63, 3.8) is 0 Å². The molecule has 0 amide bonds. The number of hydrogen-bond acceptors (Lipinski definition) is 5. The average molecular weight is 339 g/mol. The van der Waals surface area contributed by atoms with E-state index < -0.39 is 0 Å². The molecule has 1 N–H and O–H groups in total. The summed E-state index contributed by atoms with van der Waals surface area (Å²) >= 11 is 7.19. The maximum absolute atomic E-state index is 12.3. The summed E-state index contributed by atoms with van der Waals surface area (Å²) in [4.78, 5) is 17.2. The Labute approximate surface area is 135 Å². The Morgan fingerprint density at radius 1 is 1.55 bits per heavy atom. The Kier molecular flexibility index (Phi) is 4.10. The number of Topliss-reactive ketones (excluding diaryl/α,β-unsaturated/α-hetero) is 1. The van der Waals surface area contributed by atoms with Crippen LogP contribution in [0.2, 0.25) is 4.47 Å². The van der Waals surface area contributed by atoms with E-state index in [4.69, 9.17) is 16.3 Å². The van der Waals surface area contributed by atoms with Gasteiger partial charge in [-0.3, -0.25) is 4.79 Å². The van der Waals surface area contributed by atoms with Crippen LogP contribution in [-0.2, 0) is 11.3 Å². The van der Waals surface area contributed by atoms with Gasteiger partial charge in [-0.05, 0) is 6.07 Å². The molecule has 0 aliphatic carbocycles. The second kappa shape index (κ2) is 6.04. The molecular weight excluding hydrogens is 326 g/mol. The number of halogens is 1. The maximum Gasteiger partial charge on any atom is 0.339 e. The first-order valence-electron chi connectivity index (χ1n) is 6.46. The Morgan fingerprint density at radius 2 is 2.36 bits per heavy atom. The number of pyridine rings is 1. The van der Waals surface area contributed by atoms with Crippen LogP contribution in [0.15, 0.2) is 30.6 Å². The zero-order chi connectivity index (χ0) is 15.7. The molecular formula is C14H13ClN3O3S+. The lowest BCUT2D eigenvalue weighted by molar-refractivity contribution is -0.521. The molecule has 0 spiro atoms. The summed E-state index contributed by atoms with van der Waals surface area (Å²) in [7, 11) is 1.44. The van der Waals surface area contributed by atoms with Gasteiger partial charge in [-0.1, -0.05) is 17.7 Å². The van der Waals surface area contributed by atoms with Gasteiger partial charge in [-0.15, -0.1) is 11.3 Å². The molecule has 114 valence electrons. The molecule has 22 heavy (non-hydrogen) atoms. The molecule has 0 aliphatic rings. The standard InChI is InChI=1S/C14H12ClN3O3S/c1-21-8-10(19)12-13(20)17-5-3-2-4-11(17)18(12)7-9-6-16-14(15)22-9/h2-6H,7-8H2,1H3/p+1. The predicted molar refractivity (Wildman–Crippen MR) is 81.7 cm³/mol. The fourth-order valence-electron chi connectivity index (χ4n) is 2.33. The Bertz CT molecular complexity index is 843. The van der Waals surface area contributed by atoms with Gasteiger partial charge in [-0.2, -0.15) is 4.40 Å². The largest absolute Gasteiger partial charge is 0.474 e. The molecule has 0 aliphatic heterocycles. The summed E-state index contributed by atoms with van der Waals surface area (Å²) in [5.41, 5.74) is 0.904. The fraction of sp³-hybridized carbons (Fsp3) is 0.214. The molecule has 0 fully saturated rings. The lowest BCUT2D eigenvalue weighted by Crippen LogP contribution is -2.19. The third-order valence-electron chi connectivity index (χ3n) is 3.20. The molecule has 3 aromatic heterocycles. The zero-order valence-electron chi connectivity index (χ0n) is 11.7. The average Bonchev–Trinajstić information content (AvgIpc) is 3.03. The van der Waals surface area contributed by atoms with E-state index in [9.17, 15) is 9.90 Å². The number of ether oxygens (including phenoxy) is 1. The predicted octanol–water partition coefficient (Wildman–Crippen LogP) is 1.92. The van der Waals surface area contributed by atoms with Gasteiger partial charge in [0.1, 0.15) is 13.2 Å². The van der Waals surface area contributed by atoms with Crippen molar-refractivity contribution in [3.05, 3.63) is 45.6 Å². The first-order valence-corrected chi connectivity index (χ1v) is 7.65. The number of thiazole rings is 1. The third kappa shape index (κ3) is 2.58. The molecule has 0 bridgehead atoms. The number of fused-ring (bicyclic) bond motifs is 1. The fourth-order valence-corrected chi connectivity index (χ4v) is 3.30. The van der Waals surface area contributed by atoms with Crippen LogP contribution in [-0.4, -0.2) is 34.2 Å². The van der Waals surface area contributed by atoms with E-state index in [0.717, 1.165) is 4.88 Å². The third-order valence-corrected chi connectivity index (χ3v) is 4.30. The van der Waals surface area contributed by atoms with E-state index in [1.807, 2.05) is 12.1 Å². The normalized spacial score (nSPS) is 11.2. The molecule has 3 heterocycles. The van der Waals surface area contributed by atoms with Crippen LogP contribution < -0.4 is 4.40 Å². The number of methoxy groups -OCH3 is 1. The summed E-state index contributed by atoms with van der Waals surface area (Å²) in [6.07, 6.45) is 3.36. The van der Waals surface area contributed by atoms with Crippen molar-refractivity contribution >= 4 is 34.4 Å². The van der Waals surface area contributed by atoms with E-state index >= 15 is 0 Å². The summed E-state index contributed by atoms with van der Waals surface area (Å²) in [5.74, 6) is -0.396. The number of carbonyl (C=O) groups is 1. The van der Waals surface area contributed by atoms with Gasteiger partial charge in [0, 0.05) is 19.4 Å². The van der Waals surface area contributed by atoms with Gasteiger partial charge >= 0.3 is 5.88 Å². The van der Waals surface area contributed by atoms with E-state index in [-0.39, 0.29) is 24.0 Å². The smallest absolute Gasteiger partial charge is 0.339 e. The van der Waals surface area contributed by atoms with Crippen molar-refractivity contribution in [2.24, 2.45) is 0 Å². The van der Waals surface area contributed by atoms with Crippen molar-refractivity contribution < 1.29 is 19.0 Å². The van der Waals surface area contributed by atoms with Crippen molar-refractivity contribution in [3.8, 4) is 5.88 Å². The van der Waals surface area contributed by atoms with Gasteiger partial charge in [-0.25, -0.2) is 9.55 Å². The number of imidazole rings is 1. The molecule has 0 aromatic carbocycles. The highest BCUT2D eigenvalue weighted by Crippen LogP contribution is 2.23. The lowest BCUT2D eigenvalue weighted by Gasteiger charge is -2.00. The molecule has 0 atom stereocenters. The minimum Gasteiger partial charge on any atom is -0.474 e. The number of rotatable bonds is 5. The minimum absolute atomic E-state index is 0.103. The van der Waals surface area contributed by atoms with Crippen LogP contribution in [0.4, 0.5) is 0 Å². The highest BCUT2D eigenvalue weighted by atomic mass is 35.5. The number of nitrogens with zero attached hydrogens (tertiary/aromatic N) is 3. The van der Waals surface area contributed by atoms with Crippen LogP contribution in [0.25, 0.3) is 5.65 Å². The number of aromatic hydroxyl groups is 1. The van der Waals surface area contributed by atoms with Gasteiger partial charge < -0.3 is 9.84 Å². The van der Waals surface area contributed by atoms with Gasteiger partial charge in [0.2, 0.25) is 5.78 Å². The van der Waals surface area contributed by atoms with Crippen molar-refractivity contribution in [1.29, 1.82) is 0 Å². The SMILES string of the molecule is COCC(=O)c1c(O)[n+]2ccccc2n1Cc1cnc(Cl)s1. The van der Waals surface area contributed by atoms with E-state index in [2.05, 4.69) is 4.98 Å². The highest BCUT2D eigenvalue weighted by molar-refractivity contribution is 7.15. The number of carbonyl (C=O) groups excluding carboxylic acids is 1. The summed E-state index contributed by atoms with van der Waals surface area (Å²) in [5, 5.41) is 10.4. The van der Waals surface area contributed by atoms with Gasteiger partial charge in [0.05, 0.1) is 11.1 Å². The summed E-state index contributed by atoms with van der Waals surface area (Å²) < 4.78 is 8.64. The van der Waals surface area contributed by atoms with Crippen molar-refractivity contribution in [2.45, 2.75) is 6.54 Å². The molecule has 0 saturated carbocycles. The lowest BCUT2D eigenvalue weighted by atomic mass is 10.3. The second-order valence-electron chi connectivity index (χ2n) is 4.62. The van der Waals surface area contributed by atoms with Crippen LogP contribution in [0.1, 0.15) is 15.4 Å². The monoisotopic (exact) mass is 338 g/mol. The number of ketones is 1. The van der Waals surface area contributed by atoms with E-state index in [0.29, 0.717) is 16.7 Å². The first-order chi connectivity index (χ1) is 10.6. The van der Waals surface area contributed by atoms with Gasteiger partial charge in [0.15, 0.2) is 4.47 Å². The van der Waals surface area contributed by atoms with Crippen LogP contribution in [0.5, 0.6) is 5.88 Å². The number of aromatic nitrogens is 3. The van der Waals surface area contributed by atoms with E-state index in [1.54, 1.807) is 27.4 Å². The minimum atomic E-state index is -0.292.